The predicted octanol–water partition coefficient (Wildman–Crippen LogP) is 0.00100. The molecule has 0 radical (unpaired) electrons. The second kappa shape index (κ2) is 5.18. The standard InChI is InChI=1S/C11H21N5O2S/c1-9-5-3-4-6-11(9,8-12)14-19(17,18)10-7-13-15-16(10)2/h7,9,14H,3-6,8,12H2,1-2H3. The Morgan fingerprint density at radius 2 is 2.32 bits per heavy atom. The fourth-order valence-electron chi connectivity index (χ4n) is 2.75. The fourth-order valence-corrected chi connectivity index (χ4v) is 4.35. The van der Waals surface area contributed by atoms with Crippen LogP contribution in [0, 0.1) is 5.92 Å². The second-order valence-electron chi connectivity index (χ2n) is 5.31. The molecule has 1 fully saturated rings. The number of nitrogens with two attached hydrogens (primary N) is 1. The van der Waals surface area contributed by atoms with Gasteiger partial charge in [-0.1, -0.05) is 25.0 Å². The highest BCUT2D eigenvalue weighted by Crippen LogP contribution is 2.34. The molecular formula is C11H21N5O2S. The summed E-state index contributed by atoms with van der Waals surface area (Å²) in [5.41, 5.74) is 5.31. The molecule has 8 heteroatoms. The number of aromatic nitrogens is 3. The van der Waals surface area contributed by atoms with Gasteiger partial charge in [0.2, 0.25) is 0 Å². The first-order chi connectivity index (χ1) is 8.91. The van der Waals surface area contributed by atoms with E-state index in [9.17, 15) is 8.42 Å². The molecule has 1 saturated carbocycles. The average molecular weight is 287 g/mol. The highest BCUT2D eigenvalue weighted by molar-refractivity contribution is 7.89. The van der Waals surface area contributed by atoms with Crippen molar-refractivity contribution in [2.45, 2.75) is 43.2 Å². The minimum Gasteiger partial charge on any atom is -0.329 e. The van der Waals surface area contributed by atoms with Crippen molar-refractivity contribution >= 4 is 10.0 Å². The average Bonchev–Trinajstić information content (AvgIpc) is 2.79. The molecule has 3 N–H and O–H groups in total. The topological polar surface area (TPSA) is 103 Å². The molecule has 7 nitrogen and oxygen atoms in total. The minimum atomic E-state index is -3.64. The first kappa shape index (κ1) is 14.4. The van der Waals surface area contributed by atoms with E-state index in [1.54, 1.807) is 7.05 Å². The third-order valence-electron chi connectivity index (χ3n) is 4.10. The van der Waals surface area contributed by atoms with E-state index in [4.69, 9.17) is 5.73 Å². The van der Waals surface area contributed by atoms with Crippen LogP contribution in [0.1, 0.15) is 32.6 Å². The summed E-state index contributed by atoms with van der Waals surface area (Å²) in [6.45, 7) is 2.36. The second-order valence-corrected chi connectivity index (χ2v) is 6.94. The van der Waals surface area contributed by atoms with Crippen molar-refractivity contribution < 1.29 is 8.42 Å². The van der Waals surface area contributed by atoms with E-state index in [2.05, 4.69) is 22.0 Å². The SMILES string of the molecule is CC1CCCCC1(CN)NS(=O)(=O)c1cnnn1C. The number of aryl methyl sites for hydroxylation is 1. The first-order valence-corrected chi connectivity index (χ1v) is 7.98. The molecule has 19 heavy (non-hydrogen) atoms. The van der Waals surface area contributed by atoms with Crippen LogP contribution in [0.3, 0.4) is 0 Å². The van der Waals surface area contributed by atoms with Gasteiger partial charge in [0.05, 0.1) is 6.20 Å². The Hall–Kier alpha value is -0.990. The lowest BCUT2D eigenvalue weighted by atomic mass is 9.74. The summed E-state index contributed by atoms with van der Waals surface area (Å²) in [6.07, 6.45) is 5.13. The van der Waals surface area contributed by atoms with Gasteiger partial charge in [0.15, 0.2) is 5.03 Å². The van der Waals surface area contributed by atoms with Crippen LogP contribution in [0.5, 0.6) is 0 Å². The highest BCUT2D eigenvalue weighted by atomic mass is 32.2. The van der Waals surface area contributed by atoms with Crippen LogP contribution in [-0.4, -0.2) is 35.5 Å². The minimum absolute atomic E-state index is 0.0677. The van der Waals surface area contributed by atoms with E-state index < -0.39 is 15.6 Å². The van der Waals surface area contributed by atoms with Crippen LogP contribution in [-0.2, 0) is 17.1 Å². The lowest BCUT2D eigenvalue weighted by Gasteiger charge is -2.42. The van der Waals surface area contributed by atoms with E-state index in [0.29, 0.717) is 6.54 Å². The summed E-state index contributed by atoms with van der Waals surface area (Å²) in [5, 5.41) is 7.34. The maximum Gasteiger partial charge on any atom is 0.259 e. The molecule has 108 valence electrons. The Morgan fingerprint density at radius 1 is 1.58 bits per heavy atom. The lowest BCUT2D eigenvalue weighted by Crippen LogP contribution is -2.59. The van der Waals surface area contributed by atoms with Gasteiger partial charge in [0.25, 0.3) is 10.0 Å². The van der Waals surface area contributed by atoms with Crippen molar-refractivity contribution in [1.82, 2.24) is 19.7 Å². The molecule has 0 amide bonds. The lowest BCUT2D eigenvalue weighted by molar-refractivity contribution is 0.191. The normalized spacial score (nSPS) is 28.5. The van der Waals surface area contributed by atoms with E-state index in [-0.39, 0.29) is 10.9 Å². The van der Waals surface area contributed by atoms with Crippen LogP contribution >= 0.6 is 0 Å². The molecule has 2 rings (SSSR count). The number of sulfonamides is 1. The van der Waals surface area contributed by atoms with Crippen molar-refractivity contribution in [1.29, 1.82) is 0 Å². The van der Waals surface area contributed by atoms with Gasteiger partial charge in [0, 0.05) is 19.1 Å². The Morgan fingerprint density at radius 3 is 2.84 bits per heavy atom. The Kier molecular flexibility index (Phi) is 3.93. The van der Waals surface area contributed by atoms with E-state index in [1.807, 2.05) is 0 Å². The summed E-state index contributed by atoms with van der Waals surface area (Å²) in [5.74, 6) is 0.224. The quantitative estimate of drug-likeness (QED) is 0.811. The molecule has 1 heterocycles. The van der Waals surface area contributed by atoms with Crippen LogP contribution in [0.4, 0.5) is 0 Å². The molecular weight excluding hydrogens is 266 g/mol. The van der Waals surface area contributed by atoms with Crippen LogP contribution in [0.2, 0.25) is 0 Å². The summed E-state index contributed by atoms with van der Waals surface area (Å²) < 4.78 is 28.9. The van der Waals surface area contributed by atoms with Gasteiger partial charge in [-0.2, -0.15) is 0 Å². The van der Waals surface area contributed by atoms with Crippen molar-refractivity contribution in [3.63, 3.8) is 0 Å². The number of rotatable bonds is 4. The zero-order valence-electron chi connectivity index (χ0n) is 11.3. The maximum absolute atomic E-state index is 12.4. The summed E-state index contributed by atoms with van der Waals surface area (Å²) >= 11 is 0. The Labute approximate surface area is 113 Å². The number of hydrogen-bond donors (Lipinski definition) is 2. The van der Waals surface area contributed by atoms with E-state index in [0.717, 1.165) is 25.7 Å². The molecule has 0 bridgehead atoms. The van der Waals surface area contributed by atoms with Crippen molar-refractivity contribution in [3.8, 4) is 0 Å². The van der Waals surface area contributed by atoms with Crippen LogP contribution < -0.4 is 10.5 Å². The van der Waals surface area contributed by atoms with Crippen molar-refractivity contribution in [3.05, 3.63) is 6.20 Å². The molecule has 0 saturated heterocycles. The summed E-state index contributed by atoms with van der Waals surface area (Å²) in [7, 11) is -2.09. The summed E-state index contributed by atoms with van der Waals surface area (Å²) in [4.78, 5) is 0. The number of hydrogen-bond acceptors (Lipinski definition) is 5. The van der Waals surface area contributed by atoms with Gasteiger partial charge in [-0.25, -0.2) is 17.8 Å². The summed E-state index contributed by atoms with van der Waals surface area (Å²) in [6, 6.07) is 0. The van der Waals surface area contributed by atoms with Gasteiger partial charge in [-0.15, -0.1) is 5.10 Å². The predicted molar refractivity (Wildman–Crippen MR) is 70.7 cm³/mol. The fraction of sp³-hybridized carbons (Fsp3) is 0.818. The molecule has 0 spiro atoms. The molecule has 1 aromatic heterocycles. The van der Waals surface area contributed by atoms with Gasteiger partial charge in [-0.05, 0) is 18.8 Å². The van der Waals surface area contributed by atoms with E-state index >= 15 is 0 Å². The third kappa shape index (κ3) is 2.65. The van der Waals surface area contributed by atoms with Crippen molar-refractivity contribution in [2.75, 3.05) is 6.54 Å². The van der Waals surface area contributed by atoms with Gasteiger partial charge >= 0.3 is 0 Å². The molecule has 2 unspecified atom stereocenters. The molecule has 1 aromatic rings. The number of nitrogens with one attached hydrogen (secondary N) is 1. The largest absolute Gasteiger partial charge is 0.329 e. The Balaban J connectivity index is 2.30. The van der Waals surface area contributed by atoms with Crippen LogP contribution in [0.25, 0.3) is 0 Å². The van der Waals surface area contributed by atoms with Gasteiger partial charge in [0.1, 0.15) is 0 Å². The molecule has 2 atom stereocenters. The smallest absolute Gasteiger partial charge is 0.259 e. The van der Waals surface area contributed by atoms with Crippen LogP contribution in [0.15, 0.2) is 11.2 Å². The molecule has 1 aliphatic carbocycles. The monoisotopic (exact) mass is 287 g/mol. The maximum atomic E-state index is 12.4. The van der Waals surface area contributed by atoms with Gasteiger partial charge in [-0.3, -0.25) is 0 Å². The molecule has 0 aliphatic heterocycles. The van der Waals surface area contributed by atoms with Gasteiger partial charge < -0.3 is 5.73 Å². The molecule has 1 aliphatic rings. The molecule has 0 aromatic carbocycles. The Bertz CT molecular complexity index is 541. The zero-order chi connectivity index (χ0) is 14.1. The number of nitrogens with zero attached hydrogens (tertiary/aromatic N) is 3. The van der Waals surface area contributed by atoms with E-state index in [1.165, 1.54) is 10.9 Å². The zero-order valence-corrected chi connectivity index (χ0v) is 12.2. The van der Waals surface area contributed by atoms with Crippen molar-refractivity contribution in [2.24, 2.45) is 18.7 Å². The highest BCUT2D eigenvalue weighted by Gasteiger charge is 2.41. The third-order valence-corrected chi connectivity index (χ3v) is 5.70. The first-order valence-electron chi connectivity index (χ1n) is 6.50.